The highest BCUT2D eigenvalue weighted by Crippen LogP contribution is 2.36. The lowest BCUT2D eigenvalue weighted by molar-refractivity contribution is -0.136. The number of hydrogen-bond acceptors (Lipinski definition) is 1. The lowest BCUT2D eigenvalue weighted by atomic mass is 10.1. The van der Waals surface area contributed by atoms with E-state index in [0.29, 0.717) is 11.2 Å². The average molecular weight is 254 g/mol. The summed E-state index contributed by atoms with van der Waals surface area (Å²) in [7, 11) is 0. The number of nitrogens with one attached hydrogen (secondary N) is 1. The molecule has 0 radical (unpaired) electrons. The number of nitrogens with zero attached hydrogens (tertiary/aromatic N) is 1. The third-order valence-electron chi connectivity index (χ3n) is 3.11. The van der Waals surface area contributed by atoms with Gasteiger partial charge in [-0.1, -0.05) is 6.07 Å². The lowest BCUT2D eigenvalue weighted by Crippen LogP contribution is -2.33. The maximum atomic E-state index is 12.9. The van der Waals surface area contributed by atoms with E-state index in [4.69, 9.17) is 0 Å². The molecule has 0 atom stereocenters. The predicted octanol–water partition coefficient (Wildman–Crippen LogP) is 2.29. The number of carbonyl (C=O) groups is 1. The molecule has 1 amide bonds. The Morgan fingerprint density at radius 3 is 2.78 bits per heavy atom. The normalized spacial score (nSPS) is 15.6. The number of carbonyl (C=O) groups excluding carboxylic acids is 1. The van der Waals surface area contributed by atoms with Crippen molar-refractivity contribution >= 4 is 16.8 Å². The highest BCUT2D eigenvalue weighted by molar-refractivity contribution is 5.88. The fraction of sp³-hybridized carbons (Fsp3) is 0.250. The van der Waals surface area contributed by atoms with Crippen LogP contribution in [0.2, 0.25) is 0 Å². The predicted molar refractivity (Wildman–Crippen MR) is 58.8 cm³/mol. The van der Waals surface area contributed by atoms with Crippen LogP contribution < -0.4 is 5.32 Å². The molecule has 94 valence electrons. The van der Waals surface area contributed by atoms with Crippen molar-refractivity contribution in [3.8, 4) is 0 Å². The molecule has 1 N–H and O–H groups in total. The largest absolute Gasteiger partial charge is 0.417 e. The minimum Gasteiger partial charge on any atom is -0.349 e. The van der Waals surface area contributed by atoms with Gasteiger partial charge in [-0.2, -0.15) is 13.2 Å². The molecule has 0 fully saturated rings. The molecule has 0 bridgehead atoms. The van der Waals surface area contributed by atoms with Crippen LogP contribution in [0.4, 0.5) is 13.2 Å². The molecule has 2 heterocycles. The van der Waals surface area contributed by atoms with Crippen molar-refractivity contribution < 1.29 is 18.0 Å². The Balaban J connectivity index is 2.29. The smallest absolute Gasteiger partial charge is 0.349 e. The van der Waals surface area contributed by atoms with Gasteiger partial charge in [-0.25, -0.2) is 0 Å². The molecule has 0 spiro atoms. The first-order valence-electron chi connectivity index (χ1n) is 5.42. The van der Waals surface area contributed by atoms with Crippen LogP contribution in [-0.2, 0) is 24.1 Å². The summed E-state index contributed by atoms with van der Waals surface area (Å²) >= 11 is 0. The molecule has 0 aliphatic carbocycles. The third-order valence-corrected chi connectivity index (χ3v) is 3.11. The lowest BCUT2D eigenvalue weighted by Gasteiger charge is -2.16. The Kier molecular flexibility index (Phi) is 2.17. The number of benzene rings is 1. The van der Waals surface area contributed by atoms with Crippen LogP contribution in [0.1, 0.15) is 11.3 Å². The minimum absolute atomic E-state index is 0.0696. The second kappa shape index (κ2) is 3.51. The SMILES string of the molecule is O=C1Cn2c(cc3c(C(F)(F)F)cccc32)CN1. The molecule has 1 aromatic carbocycles. The summed E-state index contributed by atoms with van der Waals surface area (Å²) in [4.78, 5) is 11.3. The van der Waals surface area contributed by atoms with Crippen molar-refractivity contribution in [1.29, 1.82) is 0 Å². The van der Waals surface area contributed by atoms with Crippen LogP contribution in [-0.4, -0.2) is 10.5 Å². The van der Waals surface area contributed by atoms with Crippen LogP contribution in [0.3, 0.4) is 0 Å². The van der Waals surface area contributed by atoms with Crippen LogP contribution in [0.15, 0.2) is 24.3 Å². The van der Waals surface area contributed by atoms with Crippen molar-refractivity contribution in [2.24, 2.45) is 0 Å². The van der Waals surface area contributed by atoms with Gasteiger partial charge in [-0.05, 0) is 18.2 Å². The molecule has 0 saturated heterocycles. The molecule has 18 heavy (non-hydrogen) atoms. The molecular formula is C12H9F3N2O. The summed E-state index contributed by atoms with van der Waals surface area (Å²) in [6.07, 6.45) is -4.38. The maximum Gasteiger partial charge on any atom is 0.417 e. The van der Waals surface area contributed by atoms with Gasteiger partial charge in [0.25, 0.3) is 0 Å². The Bertz CT molecular complexity index is 643. The fourth-order valence-corrected chi connectivity index (χ4v) is 2.31. The summed E-state index contributed by atoms with van der Waals surface area (Å²) in [6.45, 7) is 0.338. The highest BCUT2D eigenvalue weighted by Gasteiger charge is 2.33. The Morgan fingerprint density at radius 2 is 2.06 bits per heavy atom. The maximum absolute atomic E-state index is 12.9. The standard InChI is InChI=1S/C12H9F3N2O/c13-12(14,15)9-2-1-3-10-8(9)4-7-5-16-11(18)6-17(7)10/h1-4H,5-6H2,(H,16,18). The fourth-order valence-electron chi connectivity index (χ4n) is 2.31. The van der Waals surface area contributed by atoms with Crippen molar-refractivity contribution in [1.82, 2.24) is 9.88 Å². The van der Waals surface area contributed by atoms with Crippen molar-refractivity contribution in [3.05, 3.63) is 35.5 Å². The first kappa shape index (κ1) is 11.1. The van der Waals surface area contributed by atoms with Gasteiger partial charge in [0.05, 0.1) is 12.1 Å². The zero-order chi connectivity index (χ0) is 12.9. The Hall–Kier alpha value is -1.98. The van der Waals surface area contributed by atoms with Gasteiger partial charge in [0.2, 0.25) is 5.91 Å². The van der Waals surface area contributed by atoms with Crippen LogP contribution in [0.5, 0.6) is 0 Å². The monoisotopic (exact) mass is 254 g/mol. The van der Waals surface area contributed by atoms with E-state index in [1.165, 1.54) is 12.1 Å². The third kappa shape index (κ3) is 1.56. The molecule has 3 nitrogen and oxygen atoms in total. The van der Waals surface area contributed by atoms with Crippen molar-refractivity contribution in [2.75, 3.05) is 0 Å². The van der Waals surface area contributed by atoms with Crippen molar-refractivity contribution in [2.45, 2.75) is 19.3 Å². The minimum atomic E-state index is -4.38. The molecule has 0 unspecified atom stereocenters. The van der Waals surface area contributed by atoms with E-state index >= 15 is 0 Å². The number of alkyl halides is 3. The molecule has 1 aliphatic rings. The molecule has 0 saturated carbocycles. The summed E-state index contributed by atoms with van der Waals surface area (Å²) in [6, 6.07) is 5.53. The van der Waals surface area contributed by atoms with Crippen LogP contribution in [0.25, 0.3) is 10.9 Å². The number of rotatable bonds is 0. The first-order valence-corrected chi connectivity index (χ1v) is 5.42. The first-order chi connectivity index (χ1) is 8.47. The zero-order valence-electron chi connectivity index (χ0n) is 9.21. The van der Waals surface area contributed by atoms with Crippen molar-refractivity contribution in [3.63, 3.8) is 0 Å². The van der Waals surface area contributed by atoms with E-state index in [9.17, 15) is 18.0 Å². The number of hydrogen-bond donors (Lipinski definition) is 1. The second-order valence-electron chi connectivity index (χ2n) is 4.23. The van der Waals surface area contributed by atoms with E-state index in [2.05, 4.69) is 5.32 Å². The van der Waals surface area contributed by atoms with E-state index in [-0.39, 0.29) is 24.4 Å². The highest BCUT2D eigenvalue weighted by atomic mass is 19.4. The number of amides is 1. The number of halogens is 3. The van der Waals surface area contributed by atoms with Gasteiger partial charge in [-0.3, -0.25) is 4.79 Å². The molecule has 1 aliphatic heterocycles. The molecule has 1 aromatic heterocycles. The topological polar surface area (TPSA) is 34.0 Å². The Morgan fingerprint density at radius 1 is 1.28 bits per heavy atom. The summed E-state index contributed by atoms with van der Waals surface area (Å²) < 4.78 is 40.2. The Labute approximate surface area is 100 Å². The van der Waals surface area contributed by atoms with Gasteiger partial charge >= 0.3 is 6.18 Å². The van der Waals surface area contributed by atoms with Gasteiger partial charge < -0.3 is 9.88 Å². The quantitative estimate of drug-likeness (QED) is 0.769. The number of aromatic nitrogens is 1. The summed E-state index contributed by atoms with van der Waals surface area (Å²) in [5.41, 5.74) is 0.491. The van der Waals surface area contributed by atoms with E-state index in [1.807, 2.05) is 0 Å². The van der Waals surface area contributed by atoms with E-state index in [0.717, 1.165) is 6.07 Å². The van der Waals surface area contributed by atoms with Gasteiger partial charge in [0.1, 0.15) is 6.54 Å². The number of fused-ring (bicyclic) bond motifs is 3. The zero-order valence-corrected chi connectivity index (χ0v) is 9.21. The van der Waals surface area contributed by atoms with Gasteiger partial charge in [0.15, 0.2) is 0 Å². The van der Waals surface area contributed by atoms with Crippen LogP contribution in [0, 0.1) is 0 Å². The van der Waals surface area contributed by atoms with Gasteiger partial charge in [0, 0.05) is 16.6 Å². The van der Waals surface area contributed by atoms with Crippen LogP contribution >= 0.6 is 0 Å². The molecular weight excluding hydrogens is 245 g/mol. The average Bonchev–Trinajstić information content (AvgIpc) is 2.65. The molecule has 6 heteroatoms. The van der Waals surface area contributed by atoms with E-state index < -0.39 is 11.7 Å². The molecule has 3 rings (SSSR count). The van der Waals surface area contributed by atoms with E-state index in [1.54, 1.807) is 10.6 Å². The summed E-state index contributed by atoms with van der Waals surface area (Å²) in [5.74, 6) is -0.183. The molecule has 2 aromatic rings. The second-order valence-corrected chi connectivity index (χ2v) is 4.23. The van der Waals surface area contributed by atoms with Gasteiger partial charge in [-0.15, -0.1) is 0 Å². The summed E-state index contributed by atoms with van der Waals surface area (Å²) in [5, 5.41) is 2.77.